The third-order valence-corrected chi connectivity index (χ3v) is 10.00. The van der Waals surface area contributed by atoms with E-state index < -0.39 is 21.7 Å². The average Bonchev–Trinajstić information content (AvgIpc) is 3.71. The van der Waals surface area contributed by atoms with Gasteiger partial charge < -0.3 is 24.3 Å². The maximum Gasteiger partial charge on any atom is 0.193 e. The number of benzene rings is 2. The molecule has 10 heteroatoms. The zero-order valence-corrected chi connectivity index (χ0v) is 21.9. The van der Waals surface area contributed by atoms with E-state index in [1.165, 1.54) is 6.07 Å². The van der Waals surface area contributed by atoms with Gasteiger partial charge in [-0.1, -0.05) is 36.4 Å². The van der Waals surface area contributed by atoms with Gasteiger partial charge in [0.1, 0.15) is 24.0 Å². The molecule has 8 nitrogen and oxygen atoms in total. The van der Waals surface area contributed by atoms with Gasteiger partial charge in [-0.2, -0.15) is 4.36 Å². The Morgan fingerprint density at radius 1 is 0.949 bits per heavy atom. The molecular formula is C29H28FN3O5S. The molecular weight excluding hydrogens is 521 g/mol. The fraction of sp³-hybridized carbons (Fsp3) is 0.345. The molecule has 2 aromatic heterocycles. The number of nitrogens with one attached hydrogen (secondary N) is 1. The van der Waals surface area contributed by atoms with Crippen LogP contribution in [-0.2, 0) is 19.2 Å². The smallest absolute Gasteiger partial charge is 0.193 e. The summed E-state index contributed by atoms with van der Waals surface area (Å²) in [6, 6.07) is 18.4. The number of fused-ring (bicyclic) bond motifs is 2. The molecule has 2 N–H and O–H groups in total. The first-order valence-electron chi connectivity index (χ1n) is 13.1. The van der Waals surface area contributed by atoms with E-state index in [0.717, 1.165) is 29.7 Å². The lowest BCUT2D eigenvalue weighted by Crippen LogP contribution is -2.34. The van der Waals surface area contributed by atoms with Crippen molar-refractivity contribution in [3.63, 3.8) is 0 Å². The summed E-state index contributed by atoms with van der Waals surface area (Å²) < 4.78 is 49.5. The Labute approximate surface area is 225 Å². The summed E-state index contributed by atoms with van der Waals surface area (Å²) in [5, 5.41) is 9.94. The zero-order chi connectivity index (χ0) is 26.6. The first-order valence-corrected chi connectivity index (χ1v) is 15.0. The van der Waals surface area contributed by atoms with Gasteiger partial charge in [0.15, 0.2) is 17.8 Å². The maximum atomic E-state index is 15.1. The number of aromatic nitrogens is 2. The van der Waals surface area contributed by atoms with Crippen LogP contribution in [0.15, 0.2) is 65.0 Å². The van der Waals surface area contributed by atoms with E-state index in [2.05, 4.69) is 14.3 Å². The number of rotatable bonds is 5. The summed E-state index contributed by atoms with van der Waals surface area (Å²) in [5.41, 5.74) is 4.72. The third-order valence-electron chi connectivity index (χ3n) is 7.60. The van der Waals surface area contributed by atoms with Crippen LogP contribution in [0, 0.1) is 5.82 Å². The van der Waals surface area contributed by atoms with Crippen LogP contribution in [0.25, 0.3) is 33.4 Å². The second-order valence-corrected chi connectivity index (χ2v) is 12.9. The van der Waals surface area contributed by atoms with E-state index in [-0.39, 0.29) is 30.6 Å². The minimum atomic E-state index is -2.10. The lowest BCUT2D eigenvalue weighted by atomic mass is 10.0. The van der Waals surface area contributed by atoms with Crippen molar-refractivity contribution < 1.29 is 27.9 Å². The highest BCUT2D eigenvalue weighted by Crippen LogP contribution is 2.33. The van der Waals surface area contributed by atoms with Gasteiger partial charge in [0, 0.05) is 29.2 Å². The van der Waals surface area contributed by atoms with Crippen LogP contribution in [0.2, 0.25) is 0 Å². The van der Waals surface area contributed by atoms with Crippen LogP contribution in [-0.4, -0.2) is 68.4 Å². The molecule has 3 saturated heterocycles. The second kappa shape index (κ2) is 9.71. The van der Waals surface area contributed by atoms with Gasteiger partial charge >= 0.3 is 0 Å². The van der Waals surface area contributed by atoms with E-state index in [9.17, 15) is 9.32 Å². The molecule has 0 unspecified atom stereocenters. The van der Waals surface area contributed by atoms with Crippen molar-refractivity contribution >= 4 is 26.4 Å². The molecule has 5 heterocycles. The predicted octanol–water partition coefficient (Wildman–Crippen LogP) is 4.84. The molecule has 3 aliphatic rings. The molecule has 7 rings (SSSR count). The zero-order valence-electron chi connectivity index (χ0n) is 21.1. The average molecular weight is 550 g/mol. The Bertz CT molecular complexity index is 1630. The highest BCUT2D eigenvalue weighted by atomic mass is 32.2. The Morgan fingerprint density at radius 3 is 2.36 bits per heavy atom. The highest BCUT2D eigenvalue weighted by molar-refractivity contribution is 7.93. The van der Waals surface area contributed by atoms with E-state index in [1.54, 1.807) is 6.07 Å². The molecule has 0 aliphatic carbocycles. The van der Waals surface area contributed by atoms with E-state index in [0.29, 0.717) is 40.6 Å². The number of aromatic amines is 1. The Morgan fingerprint density at radius 2 is 1.62 bits per heavy atom. The number of hydrogen-bond acceptors (Lipinski definition) is 7. The fourth-order valence-electron chi connectivity index (χ4n) is 5.56. The monoisotopic (exact) mass is 549 g/mol. The second-order valence-electron chi connectivity index (χ2n) is 10.3. The van der Waals surface area contributed by atoms with Crippen molar-refractivity contribution in [1.29, 1.82) is 0 Å². The lowest BCUT2D eigenvalue weighted by Gasteiger charge is -2.16. The minimum Gasteiger partial charge on any atom is -0.470 e. The predicted molar refractivity (Wildman–Crippen MR) is 146 cm³/mol. The van der Waals surface area contributed by atoms with Gasteiger partial charge in [-0.25, -0.2) is 13.6 Å². The van der Waals surface area contributed by atoms with Gasteiger partial charge in [0.2, 0.25) is 0 Å². The number of pyridine rings is 1. The van der Waals surface area contributed by atoms with Gasteiger partial charge in [-0.3, -0.25) is 0 Å². The molecule has 3 fully saturated rings. The standard InChI is InChI=1S/C29H28FN3O5S/c30-21-13-22-23(14-26(31-22)38-25-16-37-28-24(34)15-36-29(25)28)32-27(21)19-5-3-17(4-6-19)18-7-9-20(10-8-18)33-39(35)11-1-2-12-39/h3-10,13-14,24-25,28-29,31,34H,1-2,11-12,15-16H2/t24-,25-,28-,29-/m1/s1. The van der Waals surface area contributed by atoms with Gasteiger partial charge in [-0.05, 0) is 36.1 Å². The van der Waals surface area contributed by atoms with Gasteiger partial charge in [-0.15, -0.1) is 0 Å². The summed E-state index contributed by atoms with van der Waals surface area (Å²) in [5.74, 6) is 1.36. The molecule has 0 saturated carbocycles. The molecule has 0 radical (unpaired) electrons. The molecule has 0 spiro atoms. The molecule has 2 aromatic carbocycles. The molecule has 39 heavy (non-hydrogen) atoms. The van der Waals surface area contributed by atoms with Crippen molar-refractivity contribution in [1.82, 2.24) is 9.97 Å². The number of aliphatic hydroxyl groups excluding tert-OH is 1. The number of nitrogens with zero attached hydrogens (tertiary/aromatic N) is 2. The summed E-state index contributed by atoms with van der Waals surface area (Å²) in [4.78, 5) is 7.63. The quantitative estimate of drug-likeness (QED) is 0.369. The van der Waals surface area contributed by atoms with Crippen molar-refractivity contribution in [3.05, 3.63) is 66.5 Å². The van der Waals surface area contributed by atoms with E-state index in [1.807, 2.05) is 48.5 Å². The van der Waals surface area contributed by atoms with Crippen molar-refractivity contribution in [2.75, 3.05) is 24.7 Å². The number of aliphatic hydroxyl groups is 1. The molecule has 202 valence electrons. The fourth-order valence-corrected chi connectivity index (χ4v) is 7.76. The van der Waals surface area contributed by atoms with Crippen LogP contribution in [0.3, 0.4) is 0 Å². The molecule has 3 aliphatic heterocycles. The Hall–Kier alpha value is -3.31. The van der Waals surface area contributed by atoms with Crippen LogP contribution in [0.4, 0.5) is 10.1 Å². The normalized spacial score (nSPS) is 25.7. The maximum absolute atomic E-state index is 15.1. The van der Waals surface area contributed by atoms with Crippen LogP contribution in [0.5, 0.6) is 5.88 Å². The molecule has 0 amide bonds. The first kappa shape index (κ1) is 24.7. The molecule has 0 bridgehead atoms. The van der Waals surface area contributed by atoms with E-state index in [4.69, 9.17) is 14.2 Å². The summed E-state index contributed by atoms with van der Waals surface area (Å²) >= 11 is 0. The van der Waals surface area contributed by atoms with Crippen LogP contribution >= 0.6 is 0 Å². The Balaban J connectivity index is 1.09. The topological polar surface area (TPSA) is 106 Å². The third kappa shape index (κ3) is 4.71. The summed E-state index contributed by atoms with van der Waals surface area (Å²) in [6.45, 7) is 0.528. The molecule has 4 aromatic rings. The minimum absolute atomic E-state index is 0.223. The van der Waals surface area contributed by atoms with Crippen molar-refractivity contribution in [2.45, 2.75) is 37.3 Å². The Kier molecular flexibility index (Phi) is 6.15. The van der Waals surface area contributed by atoms with E-state index >= 15 is 4.39 Å². The highest BCUT2D eigenvalue weighted by Gasteiger charge is 2.48. The number of halogens is 1. The first-order chi connectivity index (χ1) is 18.9. The summed E-state index contributed by atoms with van der Waals surface area (Å²) in [6.07, 6.45) is 0.204. The summed E-state index contributed by atoms with van der Waals surface area (Å²) in [7, 11) is -2.10. The van der Waals surface area contributed by atoms with Crippen LogP contribution in [0.1, 0.15) is 12.8 Å². The van der Waals surface area contributed by atoms with Crippen molar-refractivity contribution in [2.24, 2.45) is 4.36 Å². The number of H-pyrrole nitrogens is 1. The SMILES string of the molecule is O=S1(=Nc2ccc(-c3ccc(-c4nc5cc(O[C@@H]6CO[C@H]7[C@@H]6OC[C@H]7O)[nH]c5cc4F)cc3)cc2)CCCC1. The number of hydrogen-bond donors (Lipinski definition) is 2. The van der Waals surface area contributed by atoms with Crippen LogP contribution < -0.4 is 4.74 Å². The van der Waals surface area contributed by atoms with Gasteiger partial charge in [0.05, 0.1) is 39.7 Å². The number of ether oxygens (including phenoxy) is 3. The van der Waals surface area contributed by atoms with Crippen molar-refractivity contribution in [3.8, 4) is 28.3 Å². The lowest BCUT2D eigenvalue weighted by molar-refractivity contribution is 0.00794. The van der Waals surface area contributed by atoms with Gasteiger partial charge in [0.25, 0.3) is 0 Å². The molecule has 4 atom stereocenters. The largest absolute Gasteiger partial charge is 0.470 e.